The molecule has 0 aliphatic heterocycles. The molecule has 0 radical (unpaired) electrons. The van der Waals surface area contributed by atoms with Crippen LogP contribution in [-0.4, -0.2) is 31.6 Å². The molecule has 1 saturated carbocycles. The van der Waals surface area contributed by atoms with Crippen LogP contribution in [0, 0.1) is 11.8 Å². The summed E-state index contributed by atoms with van der Waals surface area (Å²) in [4.78, 5) is 12.0. The number of carbonyl (C=O) groups is 1. The summed E-state index contributed by atoms with van der Waals surface area (Å²) >= 11 is 0. The van der Waals surface area contributed by atoms with Crippen LogP contribution in [0.4, 0.5) is 0 Å². The molecule has 0 aromatic carbocycles. The summed E-state index contributed by atoms with van der Waals surface area (Å²) < 4.78 is 17.4. The van der Waals surface area contributed by atoms with Gasteiger partial charge in [-0.05, 0) is 39.5 Å². The predicted molar refractivity (Wildman–Crippen MR) is 96.8 cm³/mol. The molecular weight excluding hydrogens is 304 g/mol. The number of rotatable bonds is 13. The molecule has 1 fully saturated rings. The lowest BCUT2D eigenvalue weighted by Crippen LogP contribution is -2.42. The van der Waals surface area contributed by atoms with E-state index in [9.17, 15) is 4.79 Å². The second kappa shape index (κ2) is 11.9. The first-order chi connectivity index (χ1) is 11.6. The van der Waals surface area contributed by atoms with Crippen LogP contribution in [0.2, 0.25) is 0 Å². The number of esters is 1. The van der Waals surface area contributed by atoms with Gasteiger partial charge in [0.05, 0.1) is 6.61 Å². The lowest BCUT2D eigenvalue weighted by Gasteiger charge is -2.37. The van der Waals surface area contributed by atoms with Gasteiger partial charge in [0.1, 0.15) is 0 Å². The van der Waals surface area contributed by atoms with Crippen molar-refractivity contribution in [3.05, 3.63) is 0 Å². The SMILES string of the molecule is CCCCCCCC1C(CC(=O)OCC)CCC1(OCC)OCC. The van der Waals surface area contributed by atoms with Crippen LogP contribution in [0.25, 0.3) is 0 Å². The van der Waals surface area contributed by atoms with E-state index in [2.05, 4.69) is 6.92 Å². The third-order valence-corrected chi connectivity index (χ3v) is 5.13. The summed E-state index contributed by atoms with van der Waals surface area (Å²) in [6.45, 7) is 9.91. The quantitative estimate of drug-likeness (QED) is 0.265. The summed E-state index contributed by atoms with van der Waals surface area (Å²) in [5, 5.41) is 0. The summed E-state index contributed by atoms with van der Waals surface area (Å²) in [5.74, 6) is 0.0323. The maximum atomic E-state index is 12.0. The van der Waals surface area contributed by atoms with Crippen LogP contribution in [0.3, 0.4) is 0 Å². The van der Waals surface area contributed by atoms with E-state index in [1.807, 2.05) is 20.8 Å². The lowest BCUT2D eigenvalue weighted by molar-refractivity contribution is -0.257. The molecular formula is C20H38O4. The molecule has 2 atom stereocenters. The zero-order chi connectivity index (χ0) is 17.8. The van der Waals surface area contributed by atoms with Gasteiger partial charge in [-0.1, -0.05) is 39.0 Å². The van der Waals surface area contributed by atoms with Crippen molar-refractivity contribution in [1.82, 2.24) is 0 Å². The normalized spacial score (nSPS) is 22.7. The van der Waals surface area contributed by atoms with Crippen molar-refractivity contribution < 1.29 is 19.0 Å². The first-order valence-corrected chi connectivity index (χ1v) is 10.1. The fourth-order valence-corrected chi connectivity index (χ4v) is 4.12. The number of hydrogen-bond donors (Lipinski definition) is 0. The Hall–Kier alpha value is -0.610. The van der Waals surface area contributed by atoms with Crippen LogP contribution in [-0.2, 0) is 19.0 Å². The van der Waals surface area contributed by atoms with E-state index in [4.69, 9.17) is 14.2 Å². The molecule has 2 unspecified atom stereocenters. The number of ether oxygens (including phenoxy) is 3. The second-order valence-corrected chi connectivity index (χ2v) is 6.80. The molecule has 0 amide bonds. The van der Waals surface area contributed by atoms with E-state index in [0.717, 1.165) is 19.3 Å². The molecule has 4 heteroatoms. The summed E-state index contributed by atoms with van der Waals surface area (Å²) in [6, 6.07) is 0. The first-order valence-electron chi connectivity index (χ1n) is 10.1. The van der Waals surface area contributed by atoms with E-state index in [-0.39, 0.29) is 5.97 Å². The summed E-state index contributed by atoms with van der Waals surface area (Å²) in [7, 11) is 0. The minimum atomic E-state index is -0.495. The topological polar surface area (TPSA) is 44.8 Å². The molecule has 4 nitrogen and oxygen atoms in total. The highest BCUT2D eigenvalue weighted by Gasteiger charge is 2.50. The van der Waals surface area contributed by atoms with Crippen molar-refractivity contribution in [2.75, 3.05) is 19.8 Å². The van der Waals surface area contributed by atoms with Crippen LogP contribution in [0.5, 0.6) is 0 Å². The van der Waals surface area contributed by atoms with E-state index < -0.39 is 5.79 Å². The molecule has 142 valence electrons. The minimum absolute atomic E-state index is 0.0812. The fraction of sp³-hybridized carbons (Fsp3) is 0.950. The highest BCUT2D eigenvalue weighted by atomic mass is 16.7. The average Bonchev–Trinajstić information content (AvgIpc) is 2.86. The number of hydrogen-bond acceptors (Lipinski definition) is 4. The Balaban J connectivity index is 2.72. The van der Waals surface area contributed by atoms with Crippen molar-refractivity contribution in [2.45, 2.75) is 91.3 Å². The van der Waals surface area contributed by atoms with Crippen LogP contribution in [0.1, 0.15) is 85.5 Å². The van der Waals surface area contributed by atoms with Gasteiger partial charge in [0.15, 0.2) is 5.79 Å². The third kappa shape index (κ3) is 6.36. The molecule has 0 bridgehead atoms. The number of carbonyl (C=O) groups excluding carboxylic acids is 1. The molecule has 24 heavy (non-hydrogen) atoms. The van der Waals surface area contributed by atoms with E-state index in [1.54, 1.807) is 0 Å². The van der Waals surface area contributed by atoms with Gasteiger partial charge in [0, 0.05) is 32.0 Å². The number of unbranched alkanes of at least 4 members (excludes halogenated alkanes) is 4. The highest BCUT2D eigenvalue weighted by molar-refractivity contribution is 5.69. The second-order valence-electron chi connectivity index (χ2n) is 6.80. The molecule has 1 aliphatic rings. The molecule has 0 N–H and O–H groups in total. The van der Waals surface area contributed by atoms with Crippen LogP contribution in [0.15, 0.2) is 0 Å². The lowest BCUT2D eigenvalue weighted by atomic mass is 9.85. The third-order valence-electron chi connectivity index (χ3n) is 5.13. The zero-order valence-corrected chi connectivity index (χ0v) is 16.3. The van der Waals surface area contributed by atoms with Crippen LogP contribution >= 0.6 is 0 Å². The van der Waals surface area contributed by atoms with Crippen molar-refractivity contribution in [3.8, 4) is 0 Å². The van der Waals surface area contributed by atoms with Crippen molar-refractivity contribution >= 4 is 5.97 Å². The Morgan fingerprint density at radius 3 is 2.21 bits per heavy atom. The average molecular weight is 343 g/mol. The maximum Gasteiger partial charge on any atom is 0.306 e. The summed E-state index contributed by atoms with van der Waals surface area (Å²) in [5.41, 5.74) is 0. The van der Waals surface area contributed by atoms with Gasteiger partial charge in [-0.15, -0.1) is 0 Å². The van der Waals surface area contributed by atoms with Crippen molar-refractivity contribution in [2.24, 2.45) is 11.8 Å². The van der Waals surface area contributed by atoms with E-state index in [0.29, 0.717) is 38.1 Å². The molecule has 0 heterocycles. The molecule has 0 spiro atoms. The van der Waals surface area contributed by atoms with Gasteiger partial charge >= 0.3 is 5.97 Å². The van der Waals surface area contributed by atoms with Gasteiger partial charge < -0.3 is 14.2 Å². The Labute approximate surface area is 148 Å². The molecule has 0 aromatic heterocycles. The molecule has 0 aromatic rings. The molecule has 1 aliphatic carbocycles. The van der Waals surface area contributed by atoms with Gasteiger partial charge in [0.25, 0.3) is 0 Å². The maximum absolute atomic E-state index is 12.0. The smallest absolute Gasteiger partial charge is 0.306 e. The van der Waals surface area contributed by atoms with E-state index >= 15 is 0 Å². The van der Waals surface area contributed by atoms with Gasteiger partial charge in [-0.2, -0.15) is 0 Å². The fourth-order valence-electron chi connectivity index (χ4n) is 4.12. The van der Waals surface area contributed by atoms with E-state index in [1.165, 1.54) is 32.1 Å². The Morgan fingerprint density at radius 1 is 0.958 bits per heavy atom. The van der Waals surface area contributed by atoms with Crippen molar-refractivity contribution in [3.63, 3.8) is 0 Å². The van der Waals surface area contributed by atoms with Crippen LogP contribution < -0.4 is 0 Å². The zero-order valence-electron chi connectivity index (χ0n) is 16.3. The minimum Gasteiger partial charge on any atom is -0.466 e. The Morgan fingerprint density at radius 2 is 1.62 bits per heavy atom. The Kier molecular flexibility index (Phi) is 10.6. The Bertz CT molecular complexity index is 337. The highest BCUT2D eigenvalue weighted by Crippen LogP contribution is 2.48. The molecule has 1 rings (SSSR count). The van der Waals surface area contributed by atoms with Gasteiger partial charge in [-0.3, -0.25) is 4.79 Å². The monoisotopic (exact) mass is 342 g/mol. The molecule has 0 saturated heterocycles. The van der Waals surface area contributed by atoms with Gasteiger partial charge in [0.2, 0.25) is 0 Å². The largest absolute Gasteiger partial charge is 0.466 e. The first kappa shape index (κ1) is 21.4. The predicted octanol–water partition coefficient (Wildman–Crippen LogP) is 5.10. The van der Waals surface area contributed by atoms with Crippen molar-refractivity contribution in [1.29, 1.82) is 0 Å². The standard InChI is InChI=1S/C20H38O4/c1-5-9-10-11-12-13-18-17(16-19(21)22-6-2)14-15-20(18,23-7-3)24-8-4/h17-18H,5-16H2,1-4H3. The summed E-state index contributed by atoms with van der Waals surface area (Å²) in [6.07, 6.45) is 9.74. The van der Waals surface area contributed by atoms with Gasteiger partial charge in [-0.25, -0.2) is 0 Å².